The minimum absolute atomic E-state index is 0.0833. The fourth-order valence-corrected chi connectivity index (χ4v) is 6.01. The number of carboxylic acids is 1. The number of thioether (sulfide) groups is 2. The van der Waals surface area contributed by atoms with Gasteiger partial charge in [0.05, 0.1) is 12.0 Å². The number of benzene rings is 2. The Hall–Kier alpha value is -3.22. The van der Waals surface area contributed by atoms with Crippen molar-refractivity contribution in [2.24, 2.45) is 0 Å². The third kappa shape index (κ3) is 4.17. The second kappa shape index (κ2) is 8.88. The highest BCUT2D eigenvalue weighted by Crippen LogP contribution is 2.45. The fourth-order valence-electron chi connectivity index (χ4n) is 3.46. The molecule has 2 heterocycles. The molecule has 2 N–H and O–H groups in total. The lowest BCUT2D eigenvalue weighted by Crippen LogP contribution is -2.70. The molecule has 156 valence electrons. The van der Waals surface area contributed by atoms with Crippen molar-refractivity contribution >= 4 is 41.3 Å². The summed E-state index contributed by atoms with van der Waals surface area (Å²) in [5.41, 5.74) is 1.19. The topological polar surface area (TPSA) is 110 Å². The van der Waals surface area contributed by atoms with Crippen molar-refractivity contribution in [3.05, 3.63) is 76.3 Å². The maximum atomic E-state index is 12.8. The molecule has 7 nitrogen and oxygen atoms in total. The molecule has 31 heavy (non-hydrogen) atoms. The van der Waals surface area contributed by atoms with Gasteiger partial charge in [0.1, 0.15) is 23.2 Å². The van der Waals surface area contributed by atoms with Crippen molar-refractivity contribution in [2.75, 3.05) is 5.75 Å². The molecule has 0 saturated carbocycles. The smallest absolute Gasteiger partial charge is 0.353 e. The van der Waals surface area contributed by atoms with Crippen molar-refractivity contribution < 1.29 is 19.5 Å². The maximum absolute atomic E-state index is 12.8. The van der Waals surface area contributed by atoms with Gasteiger partial charge in [-0.25, -0.2) is 4.79 Å². The number of hydrogen-bond acceptors (Lipinski definition) is 6. The van der Waals surface area contributed by atoms with Gasteiger partial charge < -0.3 is 10.4 Å². The minimum atomic E-state index is -1.20. The highest BCUT2D eigenvalue weighted by molar-refractivity contribution is 8.06. The number of aliphatic carboxylic acids is 1. The van der Waals surface area contributed by atoms with E-state index < -0.39 is 23.3 Å². The van der Waals surface area contributed by atoms with E-state index in [1.165, 1.54) is 28.4 Å². The summed E-state index contributed by atoms with van der Waals surface area (Å²) in [5.74, 6) is -1.56. The Morgan fingerprint density at radius 3 is 2.61 bits per heavy atom. The van der Waals surface area contributed by atoms with Crippen LogP contribution in [0.15, 0.2) is 70.1 Å². The standard InChI is InChI=1S/C22H17N3O4S2/c23-11-14-8-4-5-9-15(14)31-16-12-30-21-18(20(27)25(21)19(16)22(28)29)24-17(26)10-13-6-2-1-3-7-13/h1-9,18,21H,10,12H2,(H,24,26)(H,28,29)/t18-,21-/m1/s1. The molecule has 2 aliphatic heterocycles. The largest absolute Gasteiger partial charge is 0.477 e. The van der Waals surface area contributed by atoms with Crippen LogP contribution in [0.2, 0.25) is 0 Å². The molecular weight excluding hydrogens is 434 g/mol. The van der Waals surface area contributed by atoms with Crippen molar-refractivity contribution in [3.8, 4) is 6.07 Å². The average molecular weight is 452 g/mol. The molecule has 0 aliphatic carbocycles. The quantitative estimate of drug-likeness (QED) is 0.650. The van der Waals surface area contributed by atoms with E-state index in [1.54, 1.807) is 24.3 Å². The normalized spacial score (nSPS) is 19.8. The summed E-state index contributed by atoms with van der Waals surface area (Å²) in [6, 6.07) is 17.5. The molecule has 0 radical (unpaired) electrons. The lowest BCUT2D eigenvalue weighted by atomic mass is 10.0. The summed E-state index contributed by atoms with van der Waals surface area (Å²) >= 11 is 2.59. The summed E-state index contributed by atoms with van der Waals surface area (Å²) in [4.78, 5) is 39.5. The summed E-state index contributed by atoms with van der Waals surface area (Å²) in [7, 11) is 0. The SMILES string of the molecule is N#Cc1ccccc1SC1=C(C(=O)O)N2C(=O)[C@@H](NC(=O)Cc3ccccc3)[C@H]2SC1. The molecule has 1 fully saturated rings. The zero-order valence-corrected chi connectivity index (χ0v) is 17.8. The number of nitrogens with zero attached hydrogens (tertiary/aromatic N) is 2. The van der Waals surface area contributed by atoms with E-state index in [9.17, 15) is 24.8 Å². The van der Waals surface area contributed by atoms with Gasteiger partial charge in [-0.2, -0.15) is 5.26 Å². The van der Waals surface area contributed by atoms with Crippen LogP contribution in [0, 0.1) is 11.3 Å². The van der Waals surface area contributed by atoms with Crippen LogP contribution in [-0.4, -0.2) is 45.0 Å². The zero-order chi connectivity index (χ0) is 22.0. The third-order valence-electron chi connectivity index (χ3n) is 4.90. The highest BCUT2D eigenvalue weighted by atomic mass is 32.2. The fraction of sp³-hybridized carbons (Fsp3) is 0.182. The van der Waals surface area contributed by atoms with Crippen molar-refractivity contribution in [1.29, 1.82) is 5.26 Å². The summed E-state index contributed by atoms with van der Waals surface area (Å²) in [6.07, 6.45) is 0.148. The van der Waals surface area contributed by atoms with Gasteiger partial charge in [-0.05, 0) is 17.7 Å². The van der Waals surface area contributed by atoms with Crippen molar-refractivity contribution in [2.45, 2.75) is 22.7 Å². The number of fused-ring (bicyclic) bond motifs is 1. The van der Waals surface area contributed by atoms with Crippen molar-refractivity contribution in [3.63, 3.8) is 0 Å². The third-order valence-corrected chi connectivity index (χ3v) is 7.52. The van der Waals surface area contributed by atoms with Crippen LogP contribution in [0.3, 0.4) is 0 Å². The van der Waals surface area contributed by atoms with E-state index in [0.29, 0.717) is 21.1 Å². The number of carboxylic acid groups (broad SMARTS) is 1. The van der Waals surface area contributed by atoms with Crippen LogP contribution in [-0.2, 0) is 20.8 Å². The Morgan fingerprint density at radius 2 is 1.90 bits per heavy atom. The van der Waals surface area contributed by atoms with E-state index >= 15 is 0 Å². The van der Waals surface area contributed by atoms with E-state index in [1.807, 2.05) is 30.3 Å². The van der Waals surface area contributed by atoms with Gasteiger partial charge in [-0.3, -0.25) is 14.5 Å². The first kappa shape index (κ1) is 21.0. The first-order valence-corrected chi connectivity index (χ1v) is 11.3. The molecule has 0 aromatic heterocycles. The zero-order valence-electron chi connectivity index (χ0n) is 16.1. The molecule has 1 saturated heterocycles. The molecule has 9 heteroatoms. The number of rotatable bonds is 6. The summed E-state index contributed by atoms with van der Waals surface area (Å²) in [5, 5.41) is 21.4. The van der Waals surface area contributed by atoms with Crippen LogP contribution in [0.25, 0.3) is 0 Å². The Bertz CT molecular complexity index is 1130. The number of nitrogens with one attached hydrogen (secondary N) is 1. The molecule has 0 spiro atoms. The second-order valence-electron chi connectivity index (χ2n) is 6.90. The Labute approximate surface area is 187 Å². The van der Waals surface area contributed by atoms with Crippen molar-refractivity contribution in [1.82, 2.24) is 10.2 Å². The molecule has 2 amide bonds. The molecule has 2 atom stereocenters. The van der Waals surface area contributed by atoms with Gasteiger partial charge >= 0.3 is 5.97 Å². The molecule has 0 unspecified atom stereocenters. The van der Waals surface area contributed by atoms with E-state index in [-0.39, 0.29) is 18.0 Å². The lowest BCUT2D eigenvalue weighted by Gasteiger charge is -2.49. The van der Waals surface area contributed by atoms with Crippen LogP contribution in [0.5, 0.6) is 0 Å². The Morgan fingerprint density at radius 1 is 1.19 bits per heavy atom. The Balaban J connectivity index is 1.51. The van der Waals surface area contributed by atoms with Gasteiger partial charge in [-0.1, -0.05) is 54.2 Å². The van der Waals surface area contributed by atoms with E-state index in [0.717, 1.165) is 5.56 Å². The average Bonchev–Trinajstić information content (AvgIpc) is 2.78. The predicted molar refractivity (Wildman–Crippen MR) is 117 cm³/mol. The van der Waals surface area contributed by atoms with Gasteiger partial charge in [-0.15, -0.1) is 11.8 Å². The first-order valence-electron chi connectivity index (χ1n) is 9.41. The second-order valence-corrected chi connectivity index (χ2v) is 9.15. The van der Waals surface area contributed by atoms with E-state index in [4.69, 9.17) is 0 Å². The minimum Gasteiger partial charge on any atom is -0.477 e. The van der Waals surface area contributed by atoms with Crippen LogP contribution in [0.1, 0.15) is 11.1 Å². The molecule has 0 bridgehead atoms. The van der Waals surface area contributed by atoms with Gasteiger partial charge in [0.2, 0.25) is 5.91 Å². The Kier molecular flexibility index (Phi) is 6.02. The van der Waals surface area contributed by atoms with E-state index in [2.05, 4.69) is 11.4 Å². The molecule has 2 aromatic carbocycles. The number of hydrogen-bond donors (Lipinski definition) is 2. The van der Waals surface area contributed by atoms with Crippen LogP contribution in [0.4, 0.5) is 0 Å². The van der Waals surface area contributed by atoms with Gasteiger partial charge in [0, 0.05) is 15.6 Å². The summed E-state index contributed by atoms with van der Waals surface area (Å²) < 4.78 is 0. The first-order chi connectivity index (χ1) is 15.0. The summed E-state index contributed by atoms with van der Waals surface area (Å²) in [6.45, 7) is 0. The lowest BCUT2D eigenvalue weighted by molar-refractivity contribution is -0.150. The monoisotopic (exact) mass is 451 g/mol. The highest BCUT2D eigenvalue weighted by Gasteiger charge is 2.54. The number of nitriles is 1. The molecular formula is C22H17N3O4S2. The molecule has 2 aliphatic rings. The number of carbonyl (C=O) groups excluding carboxylic acids is 2. The number of amides is 2. The number of β-lactam (4-membered cyclic amide) rings is 1. The number of carbonyl (C=O) groups is 3. The van der Waals surface area contributed by atoms with Gasteiger partial charge in [0.15, 0.2) is 0 Å². The van der Waals surface area contributed by atoms with Gasteiger partial charge in [0.25, 0.3) is 5.91 Å². The van der Waals surface area contributed by atoms with Crippen LogP contribution < -0.4 is 5.32 Å². The molecule has 4 rings (SSSR count). The predicted octanol–water partition coefficient (Wildman–Crippen LogP) is 2.59. The van der Waals surface area contributed by atoms with Crippen LogP contribution >= 0.6 is 23.5 Å². The maximum Gasteiger partial charge on any atom is 0.353 e. The molecule has 2 aromatic rings.